The van der Waals surface area contributed by atoms with Crippen molar-refractivity contribution >= 4 is 11.8 Å². The summed E-state index contributed by atoms with van der Waals surface area (Å²) in [5.74, 6) is 1.29. The van der Waals surface area contributed by atoms with Crippen molar-refractivity contribution in [3.05, 3.63) is 54.2 Å². The fraction of sp³-hybridized carbons (Fsp3) is 0.455. The van der Waals surface area contributed by atoms with Crippen molar-refractivity contribution in [2.75, 3.05) is 37.7 Å². The number of pyridine rings is 1. The van der Waals surface area contributed by atoms with Gasteiger partial charge >= 0.3 is 0 Å². The van der Waals surface area contributed by atoms with Crippen LogP contribution in [0.1, 0.15) is 26.2 Å². The highest BCUT2D eigenvalue weighted by atomic mass is 19.1. The van der Waals surface area contributed by atoms with E-state index < -0.39 is 0 Å². The SMILES string of the molecule is CCNC(=NCCCCOc1ccc(F)cc1)NC1CCN(c2ncccc2F)C1. The summed E-state index contributed by atoms with van der Waals surface area (Å²) in [5, 5.41) is 6.70. The molecular weight excluding hydrogens is 388 g/mol. The van der Waals surface area contributed by atoms with E-state index in [9.17, 15) is 8.78 Å². The summed E-state index contributed by atoms with van der Waals surface area (Å²) in [5.41, 5.74) is 0. The molecule has 1 aliphatic rings. The number of hydrogen-bond acceptors (Lipinski definition) is 4. The molecular formula is C22H29F2N5O. The minimum absolute atomic E-state index is 0.186. The molecule has 1 unspecified atom stereocenters. The molecule has 30 heavy (non-hydrogen) atoms. The first-order valence-corrected chi connectivity index (χ1v) is 10.4. The molecule has 2 heterocycles. The molecule has 1 aliphatic heterocycles. The number of rotatable bonds is 9. The minimum Gasteiger partial charge on any atom is -0.494 e. The van der Waals surface area contributed by atoms with Crippen molar-refractivity contribution in [3.8, 4) is 5.75 Å². The van der Waals surface area contributed by atoms with Crippen LogP contribution < -0.4 is 20.3 Å². The van der Waals surface area contributed by atoms with Gasteiger partial charge in [0.1, 0.15) is 11.6 Å². The highest BCUT2D eigenvalue weighted by Crippen LogP contribution is 2.20. The van der Waals surface area contributed by atoms with Gasteiger partial charge in [0.15, 0.2) is 17.6 Å². The maximum atomic E-state index is 14.0. The van der Waals surface area contributed by atoms with Gasteiger partial charge in [0.05, 0.1) is 6.61 Å². The van der Waals surface area contributed by atoms with Gasteiger partial charge < -0.3 is 20.3 Å². The van der Waals surface area contributed by atoms with Gasteiger partial charge in [-0.25, -0.2) is 13.8 Å². The summed E-state index contributed by atoms with van der Waals surface area (Å²) in [7, 11) is 0. The van der Waals surface area contributed by atoms with Gasteiger partial charge in [-0.05, 0) is 62.6 Å². The molecule has 3 rings (SSSR count). The monoisotopic (exact) mass is 417 g/mol. The molecule has 0 amide bonds. The van der Waals surface area contributed by atoms with Crippen molar-refractivity contribution in [1.82, 2.24) is 15.6 Å². The maximum absolute atomic E-state index is 14.0. The molecule has 1 aromatic heterocycles. The van der Waals surface area contributed by atoms with Crippen LogP contribution in [0.3, 0.4) is 0 Å². The van der Waals surface area contributed by atoms with Crippen LogP contribution in [0.2, 0.25) is 0 Å². The van der Waals surface area contributed by atoms with Crippen LogP contribution in [0, 0.1) is 11.6 Å². The second-order valence-corrected chi connectivity index (χ2v) is 7.15. The predicted molar refractivity (Wildman–Crippen MR) is 115 cm³/mol. The standard InChI is InChI=1S/C22H29F2N5O/c1-2-25-22(27-12-3-4-15-30-19-9-7-17(23)8-10-19)28-18-11-14-29(16-18)21-20(24)6-5-13-26-21/h5-10,13,18H,2-4,11-12,14-16H2,1H3,(H2,25,27,28). The van der Waals surface area contributed by atoms with E-state index in [0.29, 0.717) is 31.3 Å². The third-order valence-electron chi connectivity index (χ3n) is 4.82. The number of hydrogen-bond donors (Lipinski definition) is 2. The molecule has 0 spiro atoms. The lowest BCUT2D eigenvalue weighted by molar-refractivity contribution is 0.307. The number of aliphatic imine (C=N–C) groups is 1. The second kappa shape index (κ2) is 11.3. The molecule has 2 aromatic rings. The Morgan fingerprint density at radius 3 is 2.83 bits per heavy atom. The molecule has 1 atom stereocenters. The largest absolute Gasteiger partial charge is 0.494 e. The average Bonchev–Trinajstić information content (AvgIpc) is 3.20. The molecule has 8 heteroatoms. The van der Waals surface area contributed by atoms with Crippen LogP contribution in [0.25, 0.3) is 0 Å². The van der Waals surface area contributed by atoms with E-state index in [2.05, 4.69) is 20.6 Å². The van der Waals surface area contributed by atoms with Crippen LogP contribution in [-0.4, -0.2) is 49.8 Å². The van der Waals surface area contributed by atoms with Gasteiger partial charge in [-0.1, -0.05) is 0 Å². The fourth-order valence-electron chi connectivity index (χ4n) is 3.32. The molecule has 1 aromatic carbocycles. The third-order valence-corrected chi connectivity index (χ3v) is 4.82. The van der Waals surface area contributed by atoms with Crippen LogP contribution in [0.4, 0.5) is 14.6 Å². The molecule has 0 aliphatic carbocycles. The Morgan fingerprint density at radius 1 is 1.23 bits per heavy atom. The predicted octanol–water partition coefficient (Wildman–Crippen LogP) is 3.35. The summed E-state index contributed by atoms with van der Waals surface area (Å²) in [4.78, 5) is 10.8. The molecule has 0 saturated carbocycles. The number of unbranched alkanes of at least 4 members (excludes halogenated alkanes) is 1. The molecule has 162 valence electrons. The van der Waals surface area contributed by atoms with Gasteiger partial charge in [-0.2, -0.15) is 0 Å². The summed E-state index contributed by atoms with van der Waals surface area (Å²) in [6.45, 7) is 5.48. The summed E-state index contributed by atoms with van der Waals surface area (Å²) < 4.78 is 32.4. The summed E-state index contributed by atoms with van der Waals surface area (Å²) in [6.07, 6.45) is 4.25. The van der Waals surface area contributed by atoms with Crippen molar-refractivity contribution in [2.45, 2.75) is 32.2 Å². The zero-order chi connectivity index (χ0) is 21.2. The number of halogens is 2. The molecule has 1 fully saturated rings. The maximum Gasteiger partial charge on any atom is 0.191 e. The minimum atomic E-state index is -0.290. The van der Waals surface area contributed by atoms with E-state index in [1.54, 1.807) is 24.4 Å². The summed E-state index contributed by atoms with van der Waals surface area (Å²) in [6, 6.07) is 9.26. The molecule has 0 bridgehead atoms. The van der Waals surface area contributed by atoms with Crippen molar-refractivity contribution < 1.29 is 13.5 Å². The Labute approximate surface area is 176 Å². The number of guanidine groups is 1. The van der Waals surface area contributed by atoms with Crippen molar-refractivity contribution in [3.63, 3.8) is 0 Å². The lowest BCUT2D eigenvalue weighted by Crippen LogP contribution is -2.44. The fourth-order valence-corrected chi connectivity index (χ4v) is 3.32. The lowest BCUT2D eigenvalue weighted by atomic mass is 10.3. The Bertz CT molecular complexity index is 815. The van der Waals surface area contributed by atoms with E-state index in [4.69, 9.17) is 4.74 Å². The topological polar surface area (TPSA) is 61.8 Å². The van der Waals surface area contributed by atoms with Crippen molar-refractivity contribution in [2.24, 2.45) is 4.99 Å². The first-order valence-electron chi connectivity index (χ1n) is 10.4. The summed E-state index contributed by atoms with van der Waals surface area (Å²) >= 11 is 0. The van der Waals surface area contributed by atoms with E-state index in [1.165, 1.54) is 18.2 Å². The van der Waals surface area contributed by atoms with Crippen LogP contribution in [-0.2, 0) is 0 Å². The van der Waals surface area contributed by atoms with E-state index >= 15 is 0 Å². The first-order chi connectivity index (χ1) is 14.7. The molecule has 1 saturated heterocycles. The first kappa shape index (κ1) is 21.8. The quantitative estimate of drug-likeness (QED) is 0.372. The Morgan fingerprint density at radius 2 is 2.07 bits per heavy atom. The van der Waals surface area contributed by atoms with Crippen LogP contribution in [0.5, 0.6) is 5.75 Å². The molecule has 2 N–H and O–H groups in total. The molecule has 6 nitrogen and oxygen atoms in total. The van der Waals surface area contributed by atoms with Gasteiger partial charge in [0.2, 0.25) is 0 Å². The second-order valence-electron chi connectivity index (χ2n) is 7.15. The van der Waals surface area contributed by atoms with Gasteiger partial charge in [0, 0.05) is 38.4 Å². The molecule has 0 radical (unpaired) electrons. The number of nitrogens with one attached hydrogen (secondary N) is 2. The zero-order valence-electron chi connectivity index (χ0n) is 17.3. The van der Waals surface area contributed by atoms with Gasteiger partial charge in [0.25, 0.3) is 0 Å². The zero-order valence-corrected chi connectivity index (χ0v) is 17.3. The van der Waals surface area contributed by atoms with Gasteiger partial charge in [-0.15, -0.1) is 0 Å². The normalized spacial score (nSPS) is 16.6. The Hall–Kier alpha value is -2.90. The highest BCUT2D eigenvalue weighted by molar-refractivity contribution is 5.80. The van der Waals surface area contributed by atoms with Gasteiger partial charge in [-0.3, -0.25) is 4.99 Å². The third kappa shape index (κ3) is 6.57. The number of nitrogens with zero attached hydrogens (tertiary/aromatic N) is 3. The van der Waals surface area contributed by atoms with E-state index in [1.807, 2.05) is 11.8 Å². The van der Waals surface area contributed by atoms with Crippen LogP contribution >= 0.6 is 0 Å². The Kier molecular flexibility index (Phi) is 8.23. The average molecular weight is 418 g/mol. The number of aromatic nitrogens is 1. The van der Waals surface area contributed by atoms with Crippen molar-refractivity contribution in [1.29, 1.82) is 0 Å². The smallest absolute Gasteiger partial charge is 0.191 e. The lowest BCUT2D eigenvalue weighted by Gasteiger charge is -2.20. The number of benzene rings is 1. The van der Waals surface area contributed by atoms with E-state index in [-0.39, 0.29) is 17.7 Å². The highest BCUT2D eigenvalue weighted by Gasteiger charge is 2.25. The number of anilines is 1. The number of ether oxygens (including phenoxy) is 1. The van der Waals surface area contributed by atoms with E-state index in [0.717, 1.165) is 38.3 Å². The van der Waals surface area contributed by atoms with Crippen LogP contribution in [0.15, 0.2) is 47.6 Å². The Balaban J connectivity index is 1.40.